The van der Waals surface area contributed by atoms with Gasteiger partial charge in [-0.2, -0.15) is 8.42 Å². The molecular formula is C17H37NO3S. The Kier molecular flexibility index (Phi) is 12.2. The average molecular weight is 336 g/mol. The van der Waals surface area contributed by atoms with E-state index in [9.17, 15) is 8.42 Å². The highest BCUT2D eigenvalue weighted by Gasteiger charge is 2.34. The predicted octanol–water partition coefficient (Wildman–Crippen LogP) is 4.38. The second kappa shape index (κ2) is 12.3. The minimum absolute atomic E-state index is 0.298. The second-order valence-electron chi connectivity index (χ2n) is 6.76. The Morgan fingerprint density at radius 3 is 1.77 bits per heavy atom. The fourth-order valence-electron chi connectivity index (χ4n) is 2.39. The van der Waals surface area contributed by atoms with Crippen LogP contribution in [0.2, 0.25) is 0 Å². The van der Waals surface area contributed by atoms with E-state index in [0.29, 0.717) is 19.6 Å². The number of hydrogen-bond donors (Lipinski definition) is 1. The molecule has 0 spiro atoms. The SMILES string of the molecule is CCCCCCCCCCCCOS(=O)(=O)C(C)(C)CCN. The largest absolute Gasteiger partial charge is 0.330 e. The van der Waals surface area contributed by atoms with Gasteiger partial charge >= 0.3 is 0 Å². The summed E-state index contributed by atoms with van der Waals surface area (Å²) in [6.45, 7) is 6.24. The van der Waals surface area contributed by atoms with Crippen molar-refractivity contribution in [2.24, 2.45) is 5.73 Å². The number of nitrogens with two attached hydrogens (primary N) is 1. The summed E-state index contributed by atoms with van der Waals surface area (Å²) in [4.78, 5) is 0. The van der Waals surface area contributed by atoms with Gasteiger partial charge in [0.15, 0.2) is 0 Å². The van der Waals surface area contributed by atoms with E-state index in [0.717, 1.165) is 12.8 Å². The summed E-state index contributed by atoms with van der Waals surface area (Å²) in [5, 5.41) is 0. The van der Waals surface area contributed by atoms with E-state index in [1.165, 1.54) is 51.4 Å². The first-order valence-electron chi connectivity index (χ1n) is 8.96. The summed E-state index contributed by atoms with van der Waals surface area (Å²) in [6, 6.07) is 0. The zero-order valence-electron chi connectivity index (χ0n) is 14.9. The molecule has 134 valence electrons. The first kappa shape index (κ1) is 21.9. The third-order valence-corrected chi connectivity index (χ3v) is 6.19. The minimum atomic E-state index is -3.51. The Morgan fingerprint density at radius 2 is 1.32 bits per heavy atom. The summed E-state index contributed by atoms with van der Waals surface area (Å²) in [7, 11) is -3.51. The van der Waals surface area contributed by atoms with E-state index < -0.39 is 14.9 Å². The molecule has 0 aromatic heterocycles. The molecule has 0 aromatic carbocycles. The van der Waals surface area contributed by atoms with E-state index in [-0.39, 0.29) is 0 Å². The molecule has 0 aliphatic carbocycles. The van der Waals surface area contributed by atoms with Crippen molar-refractivity contribution in [3.8, 4) is 0 Å². The molecule has 0 aliphatic heterocycles. The molecule has 0 atom stereocenters. The number of rotatable bonds is 15. The molecule has 5 heteroatoms. The summed E-state index contributed by atoms with van der Waals surface area (Å²) < 4.78 is 28.3. The third-order valence-electron chi connectivity index (χ3n) is 4.16. The highest BCUT2D eigenvalue weighted by molar-refractivity contribution is 7.88. The van der Waals surface area contributed by atoms with Crippen LogP contribution in [0.3, 0.4) is 0 Å². The van der Waals surface area contributed by atoms with Gasteiger partial charge < -0.3 is 5.73 Å². The standard InChI is InChI=1S/C17H37NO3S/c1-4-5-6-7-8-9-10-11-12-13-16-21-22(19,20)17(2,3)14-15-18/h4-16,18H2,1-3H3. The van der Waals surface area contributed by atoms with Crippen LogP contribution in [-0.2, 0) is 14.3 Å². The molecule has 4 nitrogen and oxygen atoms in total. The van der Waals surface area contributed by atoms with Gasteiger partial charge in [-0.05, 0) is 33.2 Å². The quantitative estimate of drug-likeness (QED) is 0.356. The molecule has 0 fully saturated rings. The molecule has 0 rings (SSSR count). The van der Waals surface area contributed by atoms with Crippen molar-refractivity contribution in [1.82, 2.24) is 0 Å². The van der Waals surface area contributed by atoms with Crippen molar-refractivity contribution in [1.29, 1.82) is 0 Å². The fraction of sp³-hybridized carbons (Fsp3) is 1.00. The molecule has 0 aromatic rings. The second-order valence-corrected chi connectivity index (χ2v) is 9.01. The maximum atomic E-state index is 12.0. The summed E-state index contributed by atoms with van der Waals surface area (Å²) in [5.41, 5.74) is 5.45. The normalized spacial score (nSPS) is 12.7. The molecule has 0 radical (unpaired) electrons. The summed E-state index contributed by atoms with van der Waals surface area (Å²) >= 11 is 0. The van der Waals surface area contributed by atoms with E-state index in [4.69, 9.17) is 9.92 Å². The van der Waals surface area contributed by atoms with Crippen LogP contribution < -0.4 is 5.73 Å². The number of unbranched alkanes of at least 4 members (excludes halogenated alkanes) is 9. The predicted molar refractivity (Wildman–Crippen MR) is 94.5 cm³/mol. The van der Waals surface area contributed by atoms with Crippen molar-refractivity contribution in [2.75, 3.05) is 13.2 Å². The van der Waals surface area contributed by atoms with E-state index in [2.05, 4.69) is 6.92 Å². The first-order valence-corrected chi connectivity index (χ1v) is 10.4. The molecule has 2 N–H and O–H groups in total. The average Bonchev–Trinajstić information content (AvgIpc) is 2.44. The Balaban J connectivity index is 3.57. The lowest BCUT2D eigenvalue weighted by molar-refractivity contribution is 0.289. The van der Waals surface area contributed by atoms with Crippen molar-refractivity contribution in [3.63, 3.8) is 0 Å². The van der Waals surface area contributed by atoms with Gasteiger partial charge in [-0.15, -0.1) is 0 Å². The molecule has 0 bridgehead atoms. The Bertz CT molecular complexity index is 353. The van der Waals surface area contributed by atoms with Crippen LogP contribution in [0.1, 0.15) is 91.4 Å². The van der Waals surface area contributed by atoms with Crippen LogP contribution in [0.5, 0.6) is 0 Å². The molecular weight excluding hydrogens is 298 g/mol. The highest BCUT2D eigenvalue weighted by atomic mass is 32.2. The molecule has 0 unspecified atom stereocenters. The topological polar surface area (TPSA) is 69.4 Å². The van der Waals surface area contributed by atoms with Gasteiger partial charge in [-0.1, -0.05) is 64.7 Å². The van der Waals surface area contributed by atoms with E-state index in [1.807, 2.05) is 0 Å². The van der Waals surface area contributed by atoms with Crippen molar-refractivity contribution in [3.05, 3.63) is 0 Å². The van der Waals surface area contributed by atoms with Crippen LogP contribution in [0, 0.1) is 0 Å². The van der Waals surface area contributed by atoms with Crippen LogP contribution >= 0.6 is 0 Å². The maximum Gasteiger partial charge on any atom is 0.272 e. The van der Waals surface area contributed by atoms with Gasteiger partial charge in [-0.25, -0.2) is 0 Å². The van der Waals surface area contributed by atoms with Gasteiger partial charge in [0.05, 0.1) is 11.4 Å². The first-order chi connectivity index (χ1) is 10.4. The highest BCUT2D eigenvalue weighted by Crippen LogP contribution is 2.22. The van der Waals surface area contributed by atoms with Crippen LogP contribution in [-0.4, -0.2) is 26.3 Å². The summed E-state index contributed by atoms with van der Waals surface area (Å²) in [5.74, 6) is 0. The third kappa shape index (κ3) is 9.80. The van der Waals surface area contributed by atoms with Crippen molar-refractivity contribution < 1.29 is 12.6 Å². The van der Waals surface area contributed by atoms with Gasteiger partial charge in [0.1, 0.15) is 0 Å². The molecule has 0 aliphatic rings. The summed E-state index contributed by atoms with van der Waals surface area (Å²) in [6.07, 6.45) is 12.7. The lowest BCUT2D eigenvalue weighted by Crippen LogP contribution is -2.35. The Morgan fingerprint density at radius 1 is 0.864 bits per heavy atom. The van der Waals surface area contributed by atoms with Crippen molar-refractivity contribution in [2.45, 2.75) is 96.1 Å². The zero-order valence-corrected chi connectivity index (χ0v) is 15.7. The molecule has 0 saturated carbocycles. The lowest BCUT2D eigenvalue weighted by Gasteiger charge is -2.23. The van der Waals surface area contributed by atoms with Gasteiger partial charge in [0, 0.05) is 0 Å². The smallest absolute Gasteiger partial charge is 0.272 e. The van der Waals surface area contributed by atoms with Gasteiger partial charge in [0.25, 0.3) is 10.1 Å². The van der Waals surface area contributed by atoms with E-state index in [1.54, 1.807) is 13.8 Å². The minimum Gasteiger partial charge on any atom is -0.330 e. The van der Waals surface area contributed by atoms with Gasteiger partial charge in [0.2, 0.25) is 0 Å². The Hall–Kier alpha value is -0.130. The van der Waals surface area contributed by atoms with Crippen LogP contribution in [0.4, 0.5) is 0 Å². The number of hydrogen-bond acceptors (Lipinski definition) is 4. The van der Waals surface area contributed by atoms with Crippen LogP contribution in [0.15, 0.2) is 0 Å². The lowest BCUT2D eigenvalue weighted by atomic mass is 10.1. The fourth-order valence-corrected chi connectivity index (χ4v) is 3.41. The maximum absolute atomic E-state index is 12.0. The molecule has 0 amide bonds. The monoisotopic (exact) mass is 335 g/mol. The van der Waals surface area contributed by atoms with Crippen LogP contribution in [0.25, 0.3) is 0 Å². The van der Waals surface area contributed by atoms with Gasteiger partial charge in [-0.3, -0.25) is 4.18 Å². The zero-order chi connectivity index (χ0) is 16.9. The van der Waals surface area contributed by atoms with Crippen molar-refractivity contribution >= 4 is 10.1 Å². The van der Waals surface area contributed by atoms with E-state index >= 15 is 0 Å². The molecule has 22 heavy (non-hydrogen) atoms. The molecule has 0 saturated heterocycles. The Labute approximate surface area is 138 Å². The molecule has 0 heterocycles.